The summed E-state index contributed by atoms with van der Waals surface area (Å²) in [7, 11) is 0. The lowest BCUT2D eigenvalue weighted by Crippen LogP contribution is -2.49. The van der Waals surface area contributed by atoms with E-state index in [2.05, 4.69) is 17.1 Å². The lowest BCUT2D eigenvalue weighted by molar-refractivity contribution is -0.277. The van der Waals surface area contributed by atoms with E-state index in [1.165, 1.54) is 0 Å². The van der Waals surface area contributed by atoms with Crippen molar-refractivity contribution in [1.82, 2.24) is 10.2 Å². The molecule has 2 heterocycles. The van der Waals surface area contributed by atoms with Gasteiger partial charge in [0.25, 0.3) is 9.70 Å². The lowest BCUT2D eigenvalue weighted by atomic mass is 9.84. The number of amides is 1. The van der Waals surface area contributed by atoms with E-state index in [0.717, 1.165) is 52.0 Å². The quantitative estimate of drug-likeness (QED) is 0.149. The molecule has 3 N–H and O–H groups in total. The van der Waals surface area contributed by atoms with Crippen molar-refractivity contribution in [3.05, 3.63) is 130 Å². The van der Waals surface area contributed by atoms with Crippen molar-refractivity contribution in [2.75, 3.05) is 19.6 Å². The highest BCUT2D eigenvalue weighted by Gasteiger charge is 2.41. The molecule has 6 rings (SSSR count). The third kappa shape index (κ3) is 8.67. The van der Waals surface area contributed by atoms with Crippen LogP contribution in [0.4, 0.5) is 0 Å². The van der Waals surface area contributed by atoms with Crippen molar-refractivity contribution in [2.24, 2.45) is 5.92 Å². The van der Waals surface area contributed by atoms with Gasteiger partial charge >= 0.3 is 0 Å². The van der Waals surface area contributed by atoms with E-state index in [0.29, 0.717) is 24.4 Å². The number of aliphatic hydroxyl groups excluding tert-OH is 1. The van der Waals surface area contributed by atoms with Crippen LogP contribution in [-0.4, -0.2) is 50.6 Å². The number of hydrogen-bond acceptors (Lipinski definition) is 6. The number of aliphatic hydroxyl groups is 2. The van der Waals surface area contributed by atoms with Gasteiger partial charge in [0.1, 0.15) is 0 Å². The fraction of sp³-hybridized carbons (Fsp3) is 0.359. The monoisotopic (exact) mass is 756 g/mol. The molecule has 0 bridgehead atoms. The second-order valence-electron chi connectivity index (χ2n) is 13.1. The van der Waals surface area contributed by atoms with Gasteiger partial charge in [0, 0.05) is 42.7 Å². The number of likely N-dealkylation sites (tertiary alicyclic amines) is 1. The summed E-state index contributed by atoms with van der Waals surface area (Å²) >= 11 is 23.3. The maximum absolute atomic E-state index is 12.2. The zero-order valence-corrected chi connectivity index (χ0v) is 30.6. The van der Waals surface area contributed by atoms with Gasteiger partial charge in [0.2, 0.25) is 0 Å². The molecule has 4 aromatic rings. The summed E-state index contributed by atoms with van der Waals surface area (Å²) in [5.74, 6) is -0.664. The molecule has 2 aliphatic heterocycles. The average molecular weight is 759 g/mol. The Morgan fingerprint density at radius 1 is 0.900 bits per heavy atom. The summed E-state index contributed by atoms with van der Waals surface area (Å²) < 4.78 is 11.4. The fourth-order valence-electron chi connectivity index (χ4n) is 6.79. The Bertz CT molecular complexity index is 1740. The average Bonchev–Trinajstić information content (AvgIpc) is 3.12. The minimum Gasteiger partial charge on any atom is -0.392 e. The van der Waals surface area contributed by atoms with Crippen LogP contribution < -0.4 is 5.32 Å². The molecule has 1 amide bonds. The molecule has 0 unspecified atom stereocenters. The number of alkyl halides is 3. The highest BCUT2D eigenvalue weighted by molar-refractivity contribution is 6.76. The molecule has 2 saturated heterocycles. The Morgan fingerprint density at radius 2 is 1.54 bits per heavy atom. The molecule has 0 aromatic heterocycles. The molecular weight excluding hydrogens is 718 g/mol. The SMILES string of the molecule is C[C@H]1[C@@H](CN2CCC(O)(c3ccc(Cl)cc3)CC2)O[C@@H](c2ccc(-c3ccccc3CNC(=O)C(Cl)(Cl)Cl)cc2)O[C@H]1c1ccc(CO)cc1. The molecule has 11 heteroatoms. The van der Waals surface area contributed by atoms with Crippen LogP contribution in [0.3, 0.4) is 0 Å². The first-order chi connectivity index (χ1) is 23.9. The van der Waals surface area contributed by atoms with Crippen molar-refractivity contribution < 1.29 is 24.5 Å². The number of nitrogens with one attached hydrogen (secondary N) is 1. The number of carbonyl (C=O) groups is 1. The molecule has 7 nitrogen and oxygen atoms in total. The van der Waals surface area contributed by atoms with Crippen molar-refractivity contribution in [2.45, 2.75) is 60.8 Å². The van der Waals surface area contributed by atoms with Crippen LogP contribution in [0, 0.1) is 5.92 Å². The minimum atomic E-state index is -2.04. The van der Waals surface area contributed by atoms with E-state index in [-0.39, 0.29) is 31.3 Å². The Balaban J connectivity index is 1.20. The molecule has 4 aromatic carbocycles. The van der Waals surface area contributed by atoms with Crippen LogP contribution >= 0.6 is 46.4 Å². The van der Waals surface area contributed by atoms with Gasteiger partial charge in [-0.15, -0.1) is 0 Å². The first kappa shape index (κ1) is 37.1. The van der Waals surface area contributed by atoms with E-state index >= 15 is 0 Å². The Kier molecular flexibility index (Phi) is 11.8. The van der Waals surface area contributed by atoms with E-state index in [1.807, 2.05) is 97.1 Å². The molecule has 2 fully saturated rings. The Hall–Kier alpha value is -2.69. The molecule has 0 aliphatic carbocycles. The van der Waals surface area contributed by atoms with Gasteiger partial charge in [0.15, 0.2) is 6.29 Å². The molecule has 264 valence electrons. The first-order valence-corrected chi connectivity index (χ1v) is 18.2. The molecule has 0 spiro atoms. The second-order valence-corrected chi connectivity index (χ2v) is 15.8. The maximum atomic E-state index is 12.2. The van der Waals surface area contributed by atoms with Crippen LogP contribution in [0.25, 0.3) is 11.1 Å². The van der Waals surface area contributed by atoms with Gasteiger partial charge in [-0.1, -0.05) is 138 Å². The second kappa shape index (κ2) is 15.9. The predicted octanol–water partition coefficient (Wildman–Crippen LogP) is 8.26. The number of halogens is 4. The predicted molar refractivity (Wildman–Crippen MR) is 198 cm³/mol. The molecule has 0 radical (unpaired) electrons. The standard InChI is InChI=1S/C39H40Cl4N2O5/c1-25-34(23-45-20-18-38(48,19-21-45)31-14-16-32(40)17-15-31)49-36(50-35(25)28-8-6-26(24-46)7-9-28)29-12-10-27(11-13-29)33-5-3-2-4-30(33)22-44-37(47)39(41,42)43/h2-17,25,34-36,46,48H,18-24H2,1H3,(H,44,47)/t25-,34+,35+,36+/m0/s1. The molecular formula is C39H40Cl4N2O5. The van der Waals surface area contributed by atoms with Crippen molar-refractivity contribution in [1.29, 1.82) is 0 Å². The Morgan fingerprint density at radius 3 is 2.18 bits per heavy atom. The number of nitrogens with zero attached hydrogens (tertiary/aromatic N) is 1. The number of rotatable bonds is 9. The van der Waals surface area contributed by atoms with Crippen LogP contribution in [0.5, 0.6) is 0 Å². The molecule has 2 aliphatic rings. The highest BCUT2D eigenvalue weighted by Crippen LogP contribution is 2.43. The van der Waals surface area contributed by atoms with Crippen molar-refractivity contribution in [3.63, 3.8) is 0 Å². The summed E-state index contributed by atoms with van der Waals surface area (Å²) in [4.78, 5) is 14.5. The number of benzene rings is 4. The summed E-state index contributed by atoms with van der Waals surface area (Å²) in [6, 6.07) is 31.1. The Labute approximate surface area is 313 Å². The number of carbonyl (C=O) groups excluding carboxylic acids is 1. The summed E-state index contributed by atoms with van der Waals surface area (Å²) in [5, 5.41) is 24.4. The largest absolute Gasteiger partial charge is 0.392 e. The van der Waals surface area contributed by atoms with Gasteiger partial charge in [-0.3, -0.25) is 4.79 Å². The number of ether oxygens (including phenoxy) is 2. The lowest BCUT2D eigenvalue weighted by Gasteiger charge is -2.45. The fourth-order valence-corrected chi connectivity index (χ4v) is 7.11. The van der Waals surface area contributed by atoms with Gasteiger partial charge in [-0.2, -0.15) is 0 Å². The van der Waals surface area contributed by atoms with Crippen LogP contribution in [-0.2, 0) is 33.0 Å². The minimum absolute atomic E-state index is 0.0253. The normalized spacial score (nSPS) is 22.6. The van der Waals surface area contributed by atoms with E-state index in [1.54, 1.807) is 0 Å². The van der Waals surface area contributed by atoms with Crippen LogP contribution in [0.1, 0.15) is 60.0 Å². The van der Waals surface area contributed by atoms with Gasteiger partial charge in [0.05, 0.1) is 24.4 Å². The molecule has 4 atom stereocenters. The van der Waals surface area contributed by atoms with E-state index < -0.39 is 21.6 Å². The molecule has 0 saturated carbocycles. The highest BCUT2D eigenvalue weighted by atomic mass is 35.6. The van der Waals surface area contributed by atoms with E-state index in [4.69, 9.17) is 55.9 Å². The van der Waals surface area contributed by atoms with E-state index in [9.17, 15) is 15.0 Å². The number of hydrogen-bond donors (Lipinski definition) is 3. The van der Waals surface area contributed by atoms with Crippen LogP contribution in [0.15, 0.2) is 97.1 Å². The van der Waals surface area contributed by atoms with Crippen LogP contribution in [0.2, 0.25) is 5.02 Å². The van der Waals surface area contributed by atoms with Crippen molar-refractivity contribution in [3.8, 4) is 11.1 Å². The third-order valence-corrected chi connectivity index (χ3v) is 10.6. The van der Waals surface area contributed by atoms with Gasteiger partial charge in [-0.25, -0.2) is 0 Å². The first-order valence-electron chi connectivity index (χ1n) is 16.7. The third-order valence-electron chi connectivity index (χ3n) is 9.83. The summed E-state index contributed by atoms with van der Waals surface area (Å²) in [6.45, 7) is 4.47. The smallest absolute Gasteiger partial charge is 0.272 e. The van der Waals surface area contributed by atoms with Gasteiger partial charge < -0.3 is 29.9 Å². The zero-order chi connectivity index (χ0) is 35.5. The van der Waals surface area contributed by atoms with Gasteiger partial charge in [-0.05, 0) is 58.4 Å². The molecule has 50 heavy (non-hydrogen) atoms. The van der Waals surface area contributed by atoms with Crippen molar-refractivity contribution >= 4 is 52.3 Å². The maximum Gasteiger partial charge on any atom is 0.272 e. The topological polar surface area (TPSA) is 91.3 Å². The number of piperidine rings is 1. The zero-order valence-electron chi connectivity index (χ0n) is 27.6. The summed E-state index contributed by atoms with van der Waals surface area (Å²) in [6.07, 6.45) is 0.198. The summed E-state index contributed by atoms with van der Waals surface area (Å²) in [5.41, 5.74) is 5.49.